The third kappa shape index (κ3) is 4.28. The molecule has 1 aromatic heterocycles. The Balaban J connectivity index is 2.17. The highest BCUT2D eigenvalue weighted by Crippen LogP contribution is 2.17. The molecule has 2 N–H and O–H groups in total. The van der Waals surface area contributed by atoms with E-state index in [0.29, 0.717) is 6.42 Å². The molecule has 0 aliphatic heterocycles. The van der Waals surface area contributed by atoms with Crippen molar-refractivity contribution in [3.8, 4) is 0 Å². The van der Waals surface area contributed by atoms with Crippen molar-refractivity contribution in [3.05, 3.63) is 42.2 Å². The average Bonchev–Trinajstić information content (AvgIpc) is 3.06. The van der Waals surface area contributed by atoms with Crippen molar-refractivity contribution in [1.29, 1.82) is 0 Å². The fourth-order valence-electron chi connectivity index (χ4n) is 2.10. The smallest absolute Gasteiger partial charge is 0.249 e. The number of hydrogen-bond acceptors (Lipinski definition) is 6. The van der Waals surface area contributed by atoms with E-state index in [-0.39, 0.29) is 18.6 Å². The largest absolute Gasteiger partial charge is 0.394 e. The van der Waals surface area contributed by atoms with Gasteiger partial charge in [-0.15, -0.1) is 5.10 Å². The normalized spacial score (nSPS) is 13.5. The molecule has 0 saturated heterocycles. The SMILES string of the molecule is CSCC[C@H](CO)NC(=O)[C@@H](c1ccccc1)n1cnnn1. The summed E-state index contributed by atoms with van der Waals surface area (Å²) in [5.74, 6) is 0.630. The Bertz CT molecular complexity index is 564. The van der Waals surface area contributed by atoms with Crippen LogP contribution in [0.1, 0.15) is 18.0 Å². The molecule has 0 aliphatic rings. The van der Waals surface area contributed by atoms with Crippen molar-refractivity contribution >= 4 is 17.7 Å². The maximum absolute atomic E-state index is 12.6. The van der Waals surface area contributed by atoms with Crippen molar-refractivity contribution in [1.82, 2.24) is 25.5 Å². The number of thioether (sulfide) groups is 1. The first-order chi connectivity index (χ1) is 10.8. The minimum Gasteiger partial charge on any atom is -0.394 e. The quantitative estimate of drug-likeness (QED) is 0.735. The van der Waals surface area contributed by atoms with Crippen LogP contribution >= 0.6 is 11.8 Å². The highest BCUT2D eigenvalue weighted by Gasteiger charge is 2.25. The first kappa shape index (κ1) is 16.4. The topological polar surface area (TPSA) is 92.9 Å². The molecule has 22 heavy (non-hydrogen) atoms. The van der Waals surface area contributed by atoms with Gasteiger partial charge in [0.05, 0.1) is 12.6 Å². The van der Waals surface area contributed by atoms with Crippen LogP contribution in [0.2, 0.25) is 0 Å². The lowest BCUT2D eigenvalue weighted by atomic mass is 10.1. The lowest BCUT2D eigenvalue weighted by Crippen LogP contribution is -2.42. The minimum atomic E-state index is -0.653. The van der Waals surface area contributed by atoms with Crippen molar-refractivity contribution in [3.63, 3.8) is 0 Å². The number of aliphatic hydroxyl groups excluding tert-OH is 1. The van der Waals surface area contributed by atoms with Crippen molar-refractivity contribution in [2.45, 2.75) is 18.5 Å². The molecule has 8 heteroatoms. The van der Waals surface area contributed by atoms with Gasteiger partial charge in [0.15, 0.2) is 6.04 Å². The van der Waals surface area contributed by atoms with Gasteiger partial charge in [0, 0.05) is 0 Å². The van der Waals surface area contributed by atoms with Crippen molar-refractivity contribution in [2.75, 3.05) is 18.6 Å². The van der Waals surface area contributed by atoms with E-state index in [2.05, 4.69) is 20.8 Å². The third-order valence-electron chi connectivity index (χ3n) is 3.23. The molecule has 118 valence electrons. The summed E-state index contributed by atoms with van der Waals surface area (Å²) in [6, 6.07) is 8.37. The van der Waals surface area contributed by atoms with E-state index in [1.54, 1.807) is 11.8 Å². The van der Waals surface area contributed by atoms with Crippen LogP contribution in [0.4, 0.5) is 0 Å². The van der Waals surface area contributed by atoms with Crippen LogP contribution in [0.25, 0.3) is 0 Å². The fraction of sp³-hybridized carbons (Fsp3) is 0.429. The van der Waals surface area contributed by atoms with Crippen LogP contribution < -0.4 is 5.32 Å². The second-order valence-electron chi connectivity index (χ2n) is 4.77. The van der Waals surface area contributed by atoms with Gasteiger partial charge in [-0.05, 0) is 34.4 Å². The zero-order chi connectivity index (χ0) is 15.8. The van der Waals surface area contributed by atoms with Crippen LogP contribution in [0.5, 0.6) is 0 Å². The van der Waals surface area contributed by atoms with E-state index in [1.807, 2.05) is 36.6 Å². The maximum atomic E-state index is 12.6. The summed E-state index contributed by atoms with van der Waals surface area (Å²) >= 11 is 1.67. The Morgan fingerprint density at radius 2 is 2.18 bits per heavy atom. The number of rotatable bonds is 8. The van der Waals surface area contributed by atoms with Crippen LogP contribution in [0.3, 0.4) is 0 Å². The molecule has 0 aliphatic carbocycles. The maximum Gasteiger partial charge on any atom is 0.249 e. The van der Waals surface area contributed by atoms with E-state index in [4.69, 9.17) is 0 Å². The Morgan fingerprint density at radius 3 is 2.77 bits per heavy atom. The van der Waals surface area contributed by atoms with Crippen molar-refractivity contribution in [2.24, 2.45) is 0 Å². The van der Waals surface area contributed by atoms with E-state index in [0.717, 1.165) is 11.3 Å². The number of benzene rings is 1. The number of amides is 1. The summed E-state index contributed by atoms with van der Waals surface area (Å²) in [6.07, 6.45) is 4.11. The second-order valence-corrected chi connectivity index (χ2v) is 5.76. The van der Waals surface area contributed by atoms with Crippen LogP contribution in [-0.2, 0) is 4.79 Å². The number of nitrogens with one attached hydrogen (secondary N) is 1. The number of tetrazole rings is 1. The summed E-state index contributed by atoms with van der Waals surface area (Å²) in [5.41, 5.74) is 0.786. The predicted molar refractivity (Wildman–Crippen MR) is 84.4 cm³/mol. The van der Waals surface area contributed by atoms with Gasteiger partial charge in [0.1, 0.15) is 6.33 Å². The predicted octanol–water partition coefficient (Wildman–Crippen LogP) is 0.493. The highest BCUT2D eigenvalue weighted by atomic mass is 32.2. The Hall–Kier alpha value is -1.93. The summed E-state index contributed by atoms with van der Waals surface area (Å²) in [5, 5.41) is 23.3. The first-order valence-electron chi connectivity index (χ1n) is 6.94. The fourth-order valence-corrected chi connectivity index (χ4v) is 2.62. The van der Waals surface area contributed by atoms with Gasteiger partial charge in [0.2, 0.25) is 5.91 Å². The number of carbonyl (C=O) groups excluding carboxylic acids is 1. The Morgan fingerprint density at radius 1 is 1.41 bits per heavy atom. The van der Waals surface area contributed by atoms with Crippen LogP contribution in [0.15, 0.2) is 36.7 Å². The Labute approximate surface area is 133 Å². The summed E-state index contributed by atoms with van der Waals surface area (Å²) < 4.78 is 1.41. The van der Waals surface area contributed by atoms with Gasteiger partial charge in [-0.2, -0.15) is 11.8 Å². The Kier molecular flexibility index (Phi) is 6.35. The number of hydrogen-bond donors (Lipinski definition) is 2. The number of aliphatic hydroxyl groups is 1. The molecule has 2 aromatic rings. The molecule has 1 aromatic carbocycles. The number of nitrogens with zero attached hydrogens (tertiary/aromatic N) is 4. The lowest BCUT2D eigenvalue weighted by molar-refractivity contribution is -0.124. The summed E-state index contributed by atoms with van der Waals surface area (Å²) in [6.45, 7) is -0.0938. The first-order valence-corrected chi connectivity index (χ1v) is 8.33. The van der Waals surface area contributed by atoms with Crippen LogP contribution in [0, 0.1) is 0 Å². The molecule has 2 atom stereocenters. The van der Waals surface area contributed by atoms with Gasteiger partial charge < -0.3 is 10.4 Å². The number of aromatic nitrogens is 4. The molecule has 7 nitrogen and oxygen atoms in total. The molecular formula is C14H19N5O2S. The monoisotopic (exact) mass is 321 g/mol. The molecule has 0 bridgehead atoms. The lowest BCUT2D eigenvalue weighted by Gasteiger charge is -2.21. The molecular weight excluding hydrogens is 302 g/mol. The molecule has 0 radical (unpaired) electrons. The summed E-state index contributed by atoms with van der Waals surface area (Å²) in [7, 11) is 0. The van der Waals surface area contributed by atoms with Crippen molar-refractivity contribution < 1.29 is 9.90 Å². The molecule has 2 rings (SSSR count). The van der Waals surface area contributed by atoms with E-state index < -0.39 is 6.04 Å². The van der Waals surface area contributed by atoms with Gasteiger partial charge >= 0.3 is 0 Å². The summed E-state index contributed by atoms with van der Waals surface area (Å²) in [4.78, 5) is 12.6. The van der Waals surface area contributed by atoms with E-state index in [1.165, 1.54) is 11.0 Å². The average molecular weight is 321 g/mol. The van der Waals surface area contributed by atoms with Gasteiger partial charge in [-0.3, -0.25) is 4.79 Å². The molecule has 0 saturated carbocycles. The standard InChI is InChI=1S/C14H19N5O2S/c1-22-8-7-12(9-20)16-14(21)13(19-10-15-17-18-19)11-5-3-2-4-6-11/h2-6,10,12-13,20H,7-9H2,1H3,(H,16,21)/t12-,13-/m1/s1. The third-order valence-corrected chi connectivity index (χ3v) is 3.87. The van der Waals surface area contributed by atoms with Gasteiger partial charge in [-0.25, -0.2) is 4.68 Å². The molecule has 1 heterocycles. The molecule has 0 fully saturated rings. The molecule has 0 unspecified atom stereocenters. The van der Waals surface area contributed by atoms with Gasteiger partial charge in [0.25, 0.3) is 0 Å². The van der Waals surface area contributed by atoms with E-state index >= 15 is 0 Å². The van der Waals surface area contributed by atoms with E-state index in [9.17, 15) is 9.90 Å². The zero-order valence-electron chi connectivity index (χ0n) is 12.3. The van der Waals surface area contributed by atoms with Gasteiger partial charge in [-0.1, -0.05) is 30.3 Å². The van der Waals surface area contributed by atoms with Crippen LogP contribution in [-0.4, -0.2) is 55.9 Å². The number of carbonyl (C=O) groups is 1. The zero-order valence-corrected chi connectivity index (χ0v) is 13.1. The molecule has 0 spiro atoms. The molecule has 1 amide bonds. The highest BCUT2D eigenvalue weighted by molar-refractivity contribution is 7.98. The minimum absolute atomic E-state index is 0.0938. The second kappa shape index (κ2) is 8.50.